The molecule has 1 aromatic heterocycles. The summed E-state index contributed by atoms with van der Waals surface area (Å²) in [5.74, 6) is 1.46. The molecule has 7 nitrogen and oxygen atoms in total. The van der Waals surface area contributed by atoms with Gasteiger partial charge in [-0.2, -0.15) is 4.98 Å². The monoisotopic (exact) mass is 364 g/mol. The molecule has 0 atom stereocenters. The van der Waals surface area contributed by atoms with Crippen LogP contribution in [-0.4, -0.2) is 28.0 Å². The lowest BCUT2D eigenvalue weighted by Crippen LogP contribution is -2.34. The maximum atomic E-state index is 11.8. The number of fused-ring (bicyclic) bond motifs is 1. The largest absolute Gasteiger partial charge is 0.433 e. The number of piperidine rings is 1. The van der Waals surface area contributed by atoms with Crippen LogP contribution in [-0.2, 0) is 0 Å². The molecule has 0 N–H and O–H groups in total. The van der Waals surface area contributed by atoms with Crippen LogP contribution in [0.5, 0.6) is 11.6 Å². The first-order valence-electron chi connectivity index (χ1n) is 9.03. The van der Waals surface area contributed by atoms with E-state index in [1.54, 1.807) is 6.07 Å². The Morgan fingerprint density at radius 1 is 1.11 bits per heavy atom. The van der Waals surface area contributed by atoms with Gasteiger partial charge in [-0.25, -0.2) is 4.98 Å². The Balaban J connectivity index is 1.74. The Morgan fingerprint density at radius 2 is 1.85 bits per heavy atom. The molecule has 27 heavy (non-hydrogen) atoms. The van der Waals surface area contributed by atoms with Crippen LogP contribution in [0.15, 0.2) is 48.8 Å². The second-order valence-corrected chi connectivity index (χ2v) is 6.86. The van der Waals surface area contributed by atoms with E-state index in [9.17, 15) is 10.1 Å². The van der Waals surface area contributed by atoms with Crippen LogP contribution >= 0.6 is 0 Å². The molecule has 0 saturated carbocycles. The topological polar surface area (TPSA) is 81.4 Å². The van der Waals surface area contributed by atoms with Crippen molar-refractivity contribution in [2.24, 2.45) is 5.92 Å². The van der Waals surface area contributed by atoms with E-state index in [-0.39, 0.29) is 11.6 Å². The first-order chi connectivity index (χ1) is 13.1. The van der Waals surface area contributed by atoms with Crippen LogP contribution in [0.1, 0.15) is 19.8 Å². The minimum absolute atomic E-state index is 0.0278. The summed E-state index contributed by atoms with van der Waals surface area (Å²) < 4.78 is 5.92. The van der Waals surface area contributed by atoms with E-state index in [1.165, 1.54) is 6.33 Å². The number of nitro groups is 1. The molecule has 0 amide bonds. The number of ether oxygens (including phenoxy) is 1. The highest BCUT2D eigenvalue weighted by Gasteiger charge is 2.30. The summed E-state index contributed by atoms with van der Waals surface area (Å²) >= 11 is 0. The number of rotatable bonds is 4. The summed E-state index contributed by atoms with van der Waals surface area (Å²) in [6, 6.07) is 13.4. The van der Waals surface area contributed by atoms with E-state index in [0.717, 1.165) is 36.7 Å². The summed E-state index contributed by atoms with van der Waals surface area (Å²) in [6.45, 7) is 3.68. The van der Waals surface area contributed by atoms with E-state index < -0.39 is 4.92 Å². The molecular weight excluding hydrogens is 344 g/mol. The minimum Gasteiger partial charge on any atom is -0.433 e. The average molecular weight is 364 g/mol. The van der Waals surface area contributed by atoms with Gasteiger partial charge in [-0.1, -0.05) is 43.3 Å². The molecule has 0 aliphatic carbocycles. The summed E-state index contributed by atoms with van der Waals surface area (Å²) in [7, 11) is 0. The Bertz CT molecular complexity index is 979. The van der Waals surface area contributed by atoms with Crippen molar-refractivity contribution < 1.29 is 9.66 Å². The fraction of sp³-hybridized carbons (Fsp3) is 0.300. The van der Waals surface area contributed by atoms with E-state index in [1.807, 2.05) is 41.3 Å². The quantitative estimate of drug-likeness (QED) is 0.498. The maximum absolute atomic E-state index is 11.8. The van der Waals surface area contributed by atoms with Crippen LogP contribution < -0.4 is 9.64 Å². The Hall–Kier alpha value is -3.22. The summed E-state index contributed by atoms with van der Waals surface area (Å²) in [5.41, 5.74) is -0.181. The molecule has 2 aromatic carbocycles. The van der Waals surface area contributed by atoms with Gasteiger partial charge in [0.15, 0.2) is 0 Å². The van der Waals surface area contributed by atoms with Crippen LogP contribution in [0.3, 0.4) is 0 Å². The highest BCUT2D eigenvalue weighted by molar-refractivity contribution is 5.88. The highest BCUT2D eigenvalue weighted by atomic mass is 16.6. The number of anilines is 1. The lowest BCUT2D eigenvalue weighted by atomic mass is 9.99. The van der Waals surface area contributed by atoms with Crippen molar-refractivity contribution in [2.45, 2.75) is 19.8 Å². The van der Waals surface area contributed by atoms with Crippen LogP contribution in [0.2, 0.25) is 0 Å². The van der Waals surface area contributed by atoms with Crippen molar-refractivity contribution >= 4 is 22.3 Å². The summed E-state index contributed by atoms with van der Waals surface area (Å²) in [6.07, 6.45) is 3.31. The molecule has 1 aliphatic rings. The zero-order chi connectivity index (χ0) is 18.8. The molecule has 0 bridgehead atoms. The van der Waals surface area contributed by atoms with Crippen LogP contribution in [0.4, 0.5) is 11.5 Å². The first-order valence-corrected chi connectivity index (χ1v) is 9.03. The third-order valence-electron chi connectivity index (χ3n) is 4.99. The van der Waals surface area contributed by atoms with Crippen LogP contribution in [0, 0.1) is 16.0 Å². The third kappa shape index (κ3) is 3.40. The minimum atomic E-state index is -0.451. The predicted molar refractivity (Wildman–Crippen MR) is 103 cm³/mol. The molecule has 3 aromatic rings. The molecule has 2 heterocycles. The van der Waals surface area contributed by atoms with Gasteiger partial charge in [0.25, 0.3) is 0 Å². The van der Waals surface area contributed by atoms with Gasteiger partial charge in [-0.3, -0.25) is 10.1 Å². The van der Waals surface area contributed by atoms with Crippen molar-refractivity contribution in [3.8, 4) is 11.6 Å². The molecule has 4 rings (SSSR count). The molecule has 0 unspecified atom stereocenters. The van der Waals surface area contributed by atoms with Gasteiger partial charge in [0, 0.05) is 18.5 Å². The fourth-order valence-corrected chi connectivity index (χ4v) is 3.43. The van der Waals surface area contributed by atoms with E-state index in [4.69, 9.17) is 4.74 Å². The predicted octanol–water partition coefficient (Wildman–Crippen LogP) is 4.57. The summed E-state index contributed by atoms with van der Waals surface area (Å²) in [5, 5.41) is 13.7. The van der Waals surface area contributed by atoms with Gasteiger partial charge in [0.05, 0.1) is 4.92 Å². The Labute approximate surface area is 156 Å². The van der Waals surface area contributed by atoms with Crippen molar-refractivity contribution in [1.82, 2.24) is 9.97 Å². The van der Waals surface area contributed by atoms with E-state index in [0.29, 0.717) is 17.5 Å². The number of benzene rings is 2. The second kappa shape index (κ2) is 7.19. The second-order valence-electron chi connectivity index (χ2n) is 6.86. The molecule has 1 saturated heterocycles. The molecule has 7 heteroatoms. The molecule has 0 spiro atoms. The molecular formula is C20H20N4O3. The molecule has 1 fully saturated rings. The van der Waals surface area contributed by atoms with Gasteiger partial charge in [0.1, 0.15) is 12.1 Å². The molecule has 0 radical (unpaired) electrons. The van der Waals surface area contributed by atoms with E-state index in [2.05, 4.69) is 16.9 Å². The van der Waals surface area contributed by atoms with Crippen molar-refractivity contribution in [2.75, 3.05) is 18.0 Å². The first kappa shape index (κ1) is 17.2. The average Bonchev–Trinajstić information content (AvgIpc) is 2.68. The van der Waals surface area contributed by atoms with Gasteiger partial charge in [-0.05, 0) is 30.2 Å². The normalized spacial score (nSPS) is 15.1. The summed E-state index contributed by atoms with van der Waals surface area (Å²) in [4.78, 5) is 21.6. The molecule has 138 valence electrons. The number of aromatic nitrogens is 2. The lowest BCUT2D eigenvalue weighted by Gasteiger charge is -2.30. The standard InChI is InChI=1S/C20H20N4O3/c1-14-9-11-23(12-10-14)19-18(24(25)26)20(22-13-21-19)27-17-8-4-6-15-5-2-3-7-16(15)17/h2-8,13-14H,9-12H2,1H3. The Morgan fingerprint density at radius 3 is 2.63 bits per heavy atom. The zero-order valence-corrected chi connectivity index (χ0v) is 15.0. The fourth-order valence-electron chi connectivity index (χ4n) is 3.43. The number of hydrogen-bond donors (Lipinski definition) is 0. The van der Waals surface area contributed by atoms with Crippen molar-refractivity contribution in [3.63, 3.8) is 0 Å². The Kier molecular flexibility index (Phi) is 4.58. The number of hydrogen-bond acceptors (Lipinski definition) is 6. The van der Waals surface area contributed by atoms with E-state index >= 15 is 0 Å². The third-order valence-corrected chi connectivity index (χ3v) is 4.99. The van der Waals surface area contributed by atoms with Gasteiger partial charge in [-0.15, -0.1) is 0 Å². The van der Waals surface area contributed by atoms with Crippen LogP contribution in [0.25, 0.3) is 10.8 Å². The SMILES string of the molecule is CC1CCN(c2ncnc(Oc3cccc4ccccc34)c2[N+](=O)[O-])CC1. The van der Waals surface area contributed by atoms with Crippen molar-refractivity contribution in [1.29, 1.82) is 0 Å². The van der Waals surface area contributed by atoms with Crippen molar-refractivity contribution in [3.05, 3.63) is 58.9 Å². The number of nitrogens with zero attached hydrogens (tertiary/aromatic N) is 4. The highest BCUT2D eigenvalue weighted by Crippen LogP contribution is 2.39. The van der Waals surface area contributed by atoms with Gasteiger partial charge >= 0.3 is 11.6 Å². The van der Waals surface area contributed by atoms with Gasteiger partial charge in [0.2, 0.25) is 5.82 Å². The smallest absolute Gasteiger partial charge is 0.373 e. The zero-order valence-electron chi connectivity index (χ0n) is 15.0. The lowest BCUT2D eigenvalue weighted by molar-refractivity contribution is -0.385. The molecule has 1 aliphatic heterocycles. The van der Waals surface area contributed by atoms with Gasteiger partial charge < -0.3 is 9.64 Å². The maximum Gasteiger partial charge on any atom is 0.373 e.